The first kappa shape index (κ1) is 40.3. The van der Waals surface area contributed by atoms with Crippen LogP contribution in [0.15, 0.2) is 59.7 Å². The van der Waals surface area contributed by atoms with Gasteiger partial charge in [0.25, 0.3) is 5.56 Å². The Balaban J connectivity index is 0.887. The van der Waals surface area contributed by atoms with Crippen LogP contribution in [0.2, 0.25) is 0 Å². The van der Waals surface area contributed by atoms with Gasteiger partial charge < -0.3 is 19.7 Å². The van der Waals surface area contributed by atoms with Crippen LogP contribution in [-0.2, 0) is 24.5 Å². The predicted molar refractivity (Wildman–Crippen MR) is 213 cm³/mol. The van der Waals surface area contributed by atoms with Crippen molar-refractivity contribution in [3.05, 3.63) is 88.0 Å². The first-order valence-electron chi connectivity index (χ1n) is 19.7. The number of fused-ring (bicyclic) bond motifs is 1. The third-order valence-electron chi connectivity index (χ3n) is 12.2. The van der Waals surface area contributed by atoms with Crippen molar-refractivity contribution in [1.82, 2.24) is 24.1 Å². The maximum Gasteiger partial charge on any atom is 0.301 e. The molecule has 1 spiro atoms. The Kier molecular flexibility index (Phi) is 10.9. The lowest BCUT2D eigenvalue weighted by atomic mass is 9.73. The Morgan fingerprint density at radius 3 is 2.56 bits per heavy atom. The molecule has 1 aromatic heterocycles. The molecule has 3 N–H and O–H groups in total. The lowest BCUT2D eigenvalue weighted by Crippen LogP contribution is -2.51. The van der Waals surface area contributed by atoms with Gasteiger partial charge in [-0.2, -0.15) is 18.0 Å². The Morgan fingerprint density at radius 2 is 1.85 bits per heavy atom. The van der Waals surface area contributed by atoms with E-state index in [2.05, 4.69) is 25.2 Å². The number of benzene rings is 3. The molecule has 1 aliphatic carbocycles. The fourth-order valence-electron chi connectivity index (χ4n) is 8.56. The number of hydrogen-bond donors (Lipinski definition) is 3. The van der Waals surface area contributed by atoms with Gasteiger partial charge in [0, 0.05) is 44.8 Å². The minimum Gasteiger partial charge on any atom is -0.453 e. The van der Waals surface area contributed by atoms with Crippen LogP contribution in [0.4, 0.5) is 20.2 Å². The van der Waals surface area contributed by atoms with Gasteiger partial charge in [0.2, 0.25) is 11.8 Å². The van der Waals surface area contributed by atoms with Gasteiger partial charge in [0.05, 0.1) is 41.2 Å². The molecule has 2 amide bonds. The summed E-state index contributed by atoms with van der Waals surface area (Å²) in [7, 11) is -2.66. The van der Waals surface area contributed by atoms with Gasteiger partial charge in [-0.15, -0.1) is 0 Å². The highest BCUT2D eigenvalue weighted by molar-refractivity contribution is 7.90. The second kappa shape index (κ2) is 15.9. The van der Waals surface area contributed by atoms with Gasteiger partial charge in [-0.1, -0.05) is 13.0 Å². The number of aromatic nitrogens is 2. The Hall–Kier alpha value is -5.48. The quantitative estimate of drug-likeness (QED) is 0.175. The van der Waals surface area contributed by atoms with Crippen LogP contribution in [-0.4, -0.2) is 90.0 Å². The molecule has 0 radical (unpaired) electrons. The topological polar surface area (TPSA) is 188 Å². The number of nitrogens with one attached hydrogen (secondary N) is 3. The van der Waals surface area contributed by atoms with E-state index in [0.717, 1.165) is 55.2 Å². The molecule has 4 aromatic rings. The third-order valence-corrected chi connectivity index (χ3v) is 13.8. The van der Waals surface area contributed by atoms with Crippen LogP contribution in [0.25, 0.3) is 10.9 Å². The van der Waals surface area contributed by atoms with Gasteiger partial charge >= 0.3 is 10.2 Å². The lowest BCUT2D eigenvalue weighted by molar-refractivity contribution is -0.133. The van der Waals surface area contributed by atoms with Gasteiger partial charge in [-0.25, -0.2) is 13.8 Å². The highest BCUT2D eigenvalue weighted by atomic mass is 32.2. The zero-order valence-electron chi connectivity index (χ0n) is 32.5. The standard InChI is InChI=1S/C41H44F2N8O7S/c1-3-49(2)59(55,56)48-35-9-7-32(42)38(31(35)21-44)58-28-5-8-34-30(19-28)40(54)51(23-45-34)27-20-41(57-22-27)12-14-50(15-13-41)26-16-24(17-26)29-6-4-25(18-33(29)43)46-36-10-11-37(52)47-39(36)53/h4-9,18-19,23-24,26-27,36,46,48H,3,10-17,20,22H2,1-2H3,(H,47,52,53). The Morgan fingerprint density at radius 1 is 1.07 bits per heavy atom. The average Bonchev–Trinajstić information content (AvgIpc) is 3.60. The summed E-state index contributed by atoms with van der Waals surface area (Å²) >= 11 is 0. The second-order valence-corrected chi connectivity index (χ2v) is 17.5. The van der Waals surface area contributed by atoms with E-state index in [1.54, 1.807) is 29.7 Å². The first-order valence-corrected chi connectivity index (χ1v) is 21.1. The molecule has 3 saturated heterocycles. The van der Waals surface area contributed by atoms with E-state index in [1.807, 2.05) is 6.07 Å². The molecule has 15 nitrogen and oxygen atoms in total. The number of anilines is 2. The number of carbonyl (C=O) groups excluding carboxylic acids is 2. The maximum atomic E-state index is 15.2. The van der Waals surface area contributed by atoms with Crippen molar-refractivity contribution in [2.45, 2.75) is 81.5 Å². The number of halogens is 2. The SMILES string of the molecule is CCN(C)S(=O)(=O)Nc1ccc(F)c(Oc2ccc3ncn(C4COC5(CCN(C6CC(c7ccc(NC8CCC(=O)NC8=O)cc7F)C6)CC5)C4)c(=O)c3c2)c1C#N. The number of imide groups is 1. The number of rotatable bonds is 11. The maximum absolute atomic E-state index is 15.2. The highest BCUT2D eigenvalue weighted by Crippen LogP contribution is 2.46. The number of ether oxygens (including phenoxy) is 2. The number of nitrogens with zero attached hydrogens (tertiary/aromatic N) is 5. The minimum atomic E-state index is -4.02. The van der Waals surface area contributed by atoms with E-state index in [4.69, 9.17) is 9.47 Å². The van der Waals surface area contributed by atoms with Crippen molar-refractivity contribution >= 4 is 44.3 Å². The molecule has 18 heteroatoms. The number of piperidine rings is 2. The summed E-state index contributed by atoms with van der Waals surface area (Å²) in [6.07, 6.45) is 5.96. The van der Waals surface area contributed by atoms with Gasteiger partial charge in [-0.05, 0) is 92.5 Å². The van der Waals surface area contributed by atoms with Crippen molar-refractivity contribution in [3.63, 3.8) is 0 Å². The van der Waals surface area contributed by atoms with Crippen LogP contribution in [0.1, 0.15) is 75.0 Å². The predicted octanol–water partition coefficient (Wildman–Crippen LogP) is 4.91. The van der Waals surface area contributed by atoms with Crippen molar-refractivity contribution in [2.75, 3.05) is 43.3 Å². The minimum absolute atomic E-state index is 0.0570. The average molecular weight is 831 g/mol. The van der Waals surface area contributed by atoms with Crippen LogP contribution in [0.3, 0.4) is 0 Å². The molecule has 2 atom stereocenters. The zero-order valence-corrected chi connectivity index (χ0v) is 33.4. The fraction of sp³-hybridized carbons (Fsp3) is 0.439. The summed E-state index contributed by atoms with van der Waals surface area (Å²) in [5, 5.41) is 15.5. The second-order valence-electron chi connectivity index (χ2n) is 15.8. The summed E-state index contributed by atoms with van der Waals surface area (Å²) in [6.45, 7) is 3.76. The third kappa shape index (κ3) is 7.99. The smallest absolute Gasteiger partial charge is 0.301 e. The van der Waals surface area contributed by atoms with Crippen LogP contribution >= 0.6 is 0 Å². The Labute approximate surface area is 339 Å². The molecule has 3 aliphatic heterocycles. The first-order chi connectivity index (χ1) is 28.3. The molecular weight excluding hydrogens is 787 g/mol. The van der Waals surface area contributed by atoms with Crippen molar-refractivity contribution in [1.29, 1.82) is 5.26 Å². The van der Waals surface area contributed by atoms with E-state index in [0.29, 0.717) is 42.3 Å². The molecule has 0 bridgehead atoms. The van der Waals surface area contributed by atoms with E-state index in [9.17, 15) is 28.1 Å². The van der Waals surface area contributed by atoms with E-state index in [1.165, 1.54) is 31.6 Å². The molecule has 1 saturated carbocycles. The summed E-state index contributed by atoms with van der Waals surface area (Å²) in [5.41, 5.74) is 0.305. The molecule has 4 fully saturated rings. The van der Waals surface area contributed by atoms with Crippen LogP contribution < -0.4 is 25.7 Å². The summed E-state index contributed by atoms with van der Waals surface area (Å²) in [5.74, 6) is -2.25. The van der Waals surface area contributed by atoms with Gasteiger partial charge in [0.1, 0.15) is 29.2 Å². The van der Waals surface area contributed by atoms with Crippen molar-refractivity contribution < 1.29 is 36.3 Å². The van der Waals surface area contributed by atoms with Gasteiger partial charge in [0.15, 0.2) is 11.6 Å². The number of hydrogen-bond acceptors (Lipinski definition) is 11. The number of carbonyl (C=O) groups is 2. The molecule has 4 heterocycles. The zero-order chi connectivity index (χ0) is 41.6. The van der Waals surface area contributed by atoms with E-state index >= 15 is 8.78 Å². The monoisotopic (exact) mass is 830 g/mol. The number of likely N-dealkylation sites (tertiary alicyclic amines) is 1. The van der Waals surface area contributed by atoms with Gasteiger partial charge in [-0.3, -0.25) is 29.0 Å². The van der Waals surface area contributed by atoms with Crippen molar-refractivity contribution in [3.8, 4) is 17.6 Å². The molecule has 310 valence electrons. The van der Waals surface area contributed by atoms with E-state index < -0.39 is 39.3 Å². The summed E-state index contributed by atoms with van der Waals surface area (Å²) in [6, 6.07) is 12.9. The number of nitriles is 1. The molecule has 3 aromatic carbocycles. The molecule has 8 rings (SSSR count). The van der Waals surface area contributed by atoms with Crippen LogP contribution in [0.5, 0.6) is 11.5 Å². The lowest BCUT2D eigenvalue weighted by Gasteiger charge is -2.48. The Bertz CT molecular complexity index is 2530. The van der Waals surface area contributed by atoms with E-state index in [-0.39, 0.29) is 64.6 Å². The normalized spacial score (nSPS) is 23.2. The number of amides is 2. The molecular formula is C41H44F2N8O7S. The molecule has 59 heavy (non-hydrogen) atoms. The summed E-state index contributed by atoms with van der Waals surface area (Å²) in [4.78, 5) is 44.4. The largest absolute Gasteiger partial charge is 0.453 e. The molecule has 2 unspecified atom stereocenters. The van der Waals surface area contributed by atoms with Crippen molar-refractivity contribution in [2.24, 2.45) is 0 Å². The fourth-order valence-corrected chi connectivity index (χ4v) is 9.50. The highest BCUT2D eigenvalue weighted by Gasteiger charge is 2.46. The summed E-state index contributed by atoms with van der Waals surface area (Å²) < 4.78 is 72.8. The molecule has 4 aliphatic rings. The van der Waals surface area contributed by atoms with Crippen LogP contribution in [0, 0.1) is 23.0 Å².